The number of halogens is 5. The molecule has 160 valence electrons. The van der Waals surface area contributed by atoms with Gasteiger partial charge in [-0.05, 0) is 31.2 Å². The van der Waals surface area contributed by atoms with Crippen molar-refractivity contribution in [2.24, 2.45) is 0 Å². The van der Waals surface area contributed by atoms with E-state index in [1.54, 1.807) is 13.0 Å². The van der Waals surface area contributed by atoms with Crippen molar-refractivity contribution in [3.63, 3.8) is 0 Å². The van der Waals surface area contributed by atoms with Crippen molar-refractivity contribution in [1.82, 2.24) is 19.5 Å². The summed E-state index contributed by atoms with van der Waals surface area (Å²) < 4.78 is 72.5. The highest BCUT2D eigenvalue weighted by Crippen LogP contribution is 2.28. The van der Waals surface area contributed by atoms with E-state index in [1.165, 1.54) is 22.8 Å². The van der Waals surface area contributed by atoms with Crippen molar-refractivity contribution in [3.8, 4) is 11.7 Å². The maximum absolute atomic E-state index is 14.5. The van der Waals surface area contributed by atoms with Crippen molar-refractivity contribution in [1.29, 1.82) is 0 Å². The second-order valence-electron chi connectivity index (χ2n) is 6.32. The highest BCUT2D eigenvalue weighted by molar-refractivity contribution is 5.78. The summed E-state index contributed by atoms with van der Waals surface area (Å²) in [7, 11) is 0. The molecule has 12 heteroatoms. The van der Waals surface area contributed by atoms with Crippen LogP contribution in [-0.2, 0) is 0 Å². The van der Waals surface area contributed by atoms with Crippen molar-refractivity contribution in [2.45, 2.75) is 13.5 Å². The monoisotopic (exact) mass is 436 g/mol. The minimum Gasteiger partial charge on any atom is -0.432 e. The molecular formula is C19H13F5N6O. The highest BCUT2D eigenvalue weighted by atomic mass is 19.3. The van der Waals surface area contributed by atoms with Gasteiger partial charge < -0.3 is 15.8 Å². The zero-order valence-corrected chi connectivity index (χ0v) is 15.7. The van der Waals surface area contributed by atoms with Crippen LogP contribution in [0.5, 0.6) is 5.75 Å². The number of nitrogens with two attached hydrogens (primary N) is 1. The normalized spacial score (nSPS) is 11.3. The number of aromatic nitrogens is 4. The molecule has 2 heterocycles. The van der Waals surface area contributed by atoms with Gasteiger partial charge in [0.15, 0.2) is 29.0 Å². The Morgan fingerprint density at radius 2 is 1.81 bits per heavy atom. The van der Waals surface area contributed by atoms with Gasteiger partial charge in [-0.3, -0.25) is 4.57 Å². The lowest BCUT2D eigenvalue weighted by Crippen LogP contribution is -2.11. The fraction of sp³-hybridized carbons (Fsp3) is 0.105. The Balaban J connectivity index is 1.76. The molecule has 0 amide bonds. The van der Waals surface area contributed by atoms with Crippen LogP contribution >= 0.6 is 0 Å². The van der Waals surface area contributed by atoms with Gasteiger partial charge in [-0.15, -0.1) is 0 Å². The topological polar surface area (TPSA) is 90.9 Å². The van der Waals surface area contributed by atoms with Crippen molar-refractivity contribution < 1.29 is 26.7 Å². The fourth-order valence-electron chi connectivity index (χ4n) is 2.98. The number of para-hydroxylation sites is 1. The van der Waals surface area contributed by atoms with E-state index in [0.29, 0.717) is 11.3 Å². The second kappa shape index (κ2) is 7.70. The number of benzene rings is 2. The number of nitrogen functional groups attached to an aromatic ring is 1. The number of ether oxygens (including phenoxy) is 1. The Kier molecular flexibility index (Phi) is 5.05. The smallest absolute Gasteiger partial charge is 0.387 e. The number of nitrogens with zero attached hydrogens (tertiary/aromatic N) is 4. The largest absolute Gasteiger partial charge is 0.432 e. The Labute approximate surface area is 171 Å². The van der Waals surface area contributed by atoms with Crippen LogP contribution in [0.4, 0.5) is 39.3 Å². The molecule has 2 aromatic carbocycles. The molecule has 0 fully saturated rings. The number of fused-ring (bicyclic) bond motifs is 1. The van der Waals surface area contributed by atoms with E-state index < -0.39 is 41.4 Å². The summed E-state index contributed by atoms with van der Waals surface area (Å²) in [6.45, 7) is -1.62. The fourth-order valence-corrected chi connectivity index (χ4v) is 2.98. The number of rotatable bonds is 5. The Hall–Kier alpha value is -3.96. The van der Waals surface area contributed by atoms with Crippen LogP contribution in [-0.4, -0.2) is 26.1 Å². The quantitative estimate of drug-likeness (QED) is 0.449. The van der Waals surface area contributed by atoms with Crippen molar-refractivity contribution >= 4 is 28.4 Å². The molecule has 3 N–H and O–H groups in total. The number of hydrogen-bond acceptors (Lipinski definition) is 6. The van der Waals surface area contributed by atoms with E-state index >= 15 is 0 Å². The average Bonchev–Trinajstić information content (AvgIpc) is 3.04. The molecule has 0 aliphatic carbocycles. The van der Waals surface area contributed by atoms with Gasteiger partial charge in [0, 0.05) is 11.8 Å². The van der Waals surface area contributed by atoms with Crippen LogP contribution in [0.25, 0.3) is 17.0 Å². The summed E-state index contributed by atoms with van der Waals surface area (Å²) in [5.74, 6) is -4.09. The molecule has 2 aromatic heterocycles. The highest BCUT2D eigenvalue weighted by Gasteiger charge is 2.19. The van der Waals surface area contributed by atoms with Gasteiger partial charge in [-0.1, -0.05) is 6.07 Å². The van der Waals surface area contributed by atoms with Crippen molar-refractivity contribution in [3.05, 3.63) is 59.7 Å². The third kappa shape index (κ3) is 3.79. The minimum atomic E-state index is -3.20. The van der Waals surface area contributed by atoms with Gasteiger partial charge in [0.25, 0.3) is 0 Å². The number of imidazole rings is 1. The van der Waals surface area contributed by atoms with Crippen LogP contribution < -0.4 is 15.8 Å². The Morgan fingerprint density at radius 3 is 2.52 bits per heavy atom. The van der Waals surface area contributed by atoms with Gasteiger partial charge in [0.05, 0.1) is 5.52 Å². The van der Waals surface area contributed by atoms with Gasteiger partial charge in [-0.25, -0.2) is 13.8 Å². The van der Waals surface area contributed by atoms with Crippen LogP contribution in [0.1, 0.15) is 5.82 Å². The summed E-state index contributed by atoms with van der Waals surface area (Å²) in [6.07, 6.45) is 0. The maximum Gasteiger partial charge on any atom is 0.387 e. The second-order valence-corrected chi connectivity index (χ2v) is 6.32. The van der Waals surface area contributed by atoms with Crippen LogP contribution in [0.3, 0.4) is 0 Å². The number of hydrogen-bond donors (Lipinski definition) is 2. The van der Waals surface area contributed by atoms with Gasteiger partial charge in [0.1, 0.15) is 11.3 Å². The van der Waals surface area contributed by atoms with Crippen LogP contribution in [0, 0.1) is 24.4 Å². The SMILES string of the molecule is Cc1nc2c(F)cccc2n1-c1nc(N)c(F)c(Nc2ccc(OC(F)F)c(F)c2)n1. The number of nitrogens with one attached hydrogen (secondary N) is 1. The number of anilines is 3. The number of aryl methyl sites for hydroxylation is 1. The predicted octanol–water partition coefficient (Wildman–Crippen LogP) is 4.47. The van der Waals surface area contributed by atoms with Gasteiger partial charge in [0.2, 0.25) is 11.8 Å². The third-order valence-electron chi connectivity index (χ3n) is 4.28. The summed E-state index contributed by atoms with van der Waals surface area (Å²) in [4.78, 5) is 12.1. The molecule has 0 aliphatic rings. The molecule has 0 unspecified atom stereocenters. The number of alkyl halides is 2. The first-order valence-electron chi connectivity index (χ1n) is 8.73. The predicted molar refractivity (Wildman–Crippen MR) is 102 cm³/mol. The first kappa shape index (κ1) is 20.3. The molecule has 0 saturated carbocycles. The van der Waals surface area contributed by atoms with E-state index in [9.17, 15) is 22.0 Å². The minimum absolute atomic E-state index is 0.0136. The molecule has 31 heavy (non-hydrogen) atoms. The standard InChI is InChI=1S/C19H13F5N6O/c1-8-26-15-10(20)3-2-4-12(15)30(8)19-28-16(25)14(22)17(29-19)27-9-5-6-13(11(21)7-9)31-18(23)24/h2-7,18H,1H3,(H3,25,27,28,29). The molecule has 4 aromatic rings. The van der Waals surface area contributed by atoms with Crippen molar-refractivity contribution in [2.75, 3.05) is 11.1 Å². The van der Waals surface area contributed by atoms with E-state index in [1.807, 2.05) is 0 Å². The molecule has 0 aliphatic heterocycles. The maximum atomic E-state index is 14.5. The van der Waals surface area contributed by atoms with E-state index in [2.05, 4.69) is 25.0 Å². The zero-order valence-electron chi connectivity index (χ0n) is 15.7. The molecule has 4 rings (SSSR count). The summed E-state index contributed by atoms with van der Waals surface area (Å²) in [5.41, 5.74) is 6.04. The Morgan fingerprint density at radius 1 is 1.03 bits per heavy atom. The molecule has 0 atom stereocenters. The van der Waals surface area contributed by atoms with E-state index in [-0.39, 0.29) is 17.2 Å². The van der Waals surface area contributed by atoms with Crippen LogP contribution in [0.15, 0.2) is 36.4 Å². The molecule has 0 spiro atoms. The zero-order chi connectivity index (χ0) is 22.3. The third-order valence-corrected chi connectivity index (χ3v) is 4.28. The summed E-state index contributed by atoms with van der Waals surface area (Å²) >= 11 is 0. The lowest BCUT2D eigenvalue weighted by molar-refractivity contribution is -0.0521. The molecule has 7 nitrogen and oxygen atoms in total. The van der Waals surface area contributed by atoms with E-state index in [4.69, 9.17) is 5.73 Å². The van der Waals surface area contributed by atoms with Crippen LogP contribution in [0.2, 0.25) is 0 Å². The average molecular weight is 436 g/mol. The molecular weight excluding hydrogens is 423 g/mol. The first-order valence-corrected chi connectivity index (χ1v) is 8.73. The lowest BCUT2D eigenvalue weighted by Gasteiger charge is -2.12. The molecule has 0 bridgehead atoms. The molecule has 0 radical (unpaired) electrons. The molecule has 0 saturated heterocycles. The Bertz CT molecular complexity index is 1290. The van der Waals surface area contributed by atoms with Gasteiger partial charge >= 0.3 is 6.61 Å². The summed E-state index contributed by atoms with van der Waals surface area (Å²) in [6, 6.07) is 7.23. The first-order chi connectivity index (χ1) is 14.7. The van der Waals surface area contributed by atoms with E-state index in [0.717, 1.165) is 12.1 Å². The lowest BCUT2D eigenvalue weighted by atomic mass is 10.3. The summed E-state index contributed by atoms with van der Waals surface area (Å²) in [5, 5.41) is 2.52. The van der Waals surface area contributed by atoms with Gasteiger partial charge in [-0.2, -0.15) is 23.1 Å².